The molecule has 0 spiro atoms. The minimum atomic E-state index is -0.732. The van der Waals surface area contributed by atoms with Gasteiger partial charge in [-0.25, -0.2) is 9.78 Å². The van der Waals surface area contributed by atoms with E-state index >= 15 is 0 Å². The van der Waals surface area contributed by atoms with Gasteiger partial charge < -0.3 is 9.67 Å². The fraction of sp³-hybridized carbons (Fsp3) is 0.0667. The van der Waals surface area contributed by atoms with E-state index in [9.17, 15) is 14.3 Å². The molecule has 0 unspecified atom stereocenters. The van der Waals surface area contributed by atoms with Crippen molar-refractivity contribution >= 4 is 27.5 Å². The molecule has 5 nitrogen and oxygen atoms in total. The summed E-state index contributed by atoms with van der Waals surface area (Å²) >= 11 is 9.25. The van der Waals surface area contributed by atoms with Crippen molar-refractivity contribution in [3.8, 4) is 22.6 Å². The first kappa shape index (κ1) is 15.8. The molecule has 0 amide bonds. The van der Waals surface area contributed by atoms with Crippen LogP contribution in [0.25, 0.3) is 16.8 Å². The molecule has 0 aliphatic rings. The number of imidazole rings is 1. The van der Waals surface area contributed by atoms with Crippen LogP contribution in [0.15, 0.2) is 46.1 Å². The quantitative estimate of drug-likeness (QED) is 0.672. The molecular formula is C15H10BrClFN3O2. The summed E-state index contributed by atoms with van der Waals surface area (Å²) < 4.78 is 16.3. The molecule has 0 atom stereocenters. The van der Waals surface area contributed by atoms with E-state index in [0.717, 1.165) is 6.07 Å². The molecule has 0 saturated heterocycles. The Balaban J connectivity index is 2.14. The summed E-state index contributed by atoms with van der Waals surface area (Å²) in [7, 11) is 1.64. The second kappa shape index (κ2) is 5.82. The van der Waals surface area contributed by atoms with Crippen molar-refractivity contribution in [1.29, 1.82) is 0 Å². The Hall–Kier alpha value is -2.12. The van der Waals surface area contributed by atoms with Crippen LogP contribution in [-0.4, -0.2) is 19.2 Å². The second-order valence-corrected chi connectivity index (χ2v) is 6.02. The van der Waals surface area contributed by atoms with Crippen LogP contribution in [0.3, 0.4) is 0 Å². The molecule has 1 N–H and O–H groups in total. The van der Waals surface area contributed by atoms with Crippen molar-refractivity contribution in [3.05, 3.63) is 62.7 Å². The second-order valence-electron chi connectivity index (χ2n) is 4.86. The van der Waals surface area contributed by atoms with Gasteiger partial charge in [0.2, 0.25) is 5.95 Å². The fourth-order valence-corrected chi connectivity index (χ4v) is 2.87. The van der Waals surface area contributed by atoms with Gasteiger partial charge in [0, 0.05) is 31.1 Å². The molecule has 0 bridgehead atoms. The van der Waals surface area contributed by atoms with Gasteiger partial charge in [-0.2, -0.15) is 4.39 Å². The average molecular weight is 399 g/mol. The fourth-order valence-electron chi connectivity index (χ4n) is 2.21. The lowest BCUT2D eigenvalue weighted by atomic mass is 10.1. The highest BCUT2D eigenvalue weighted by Crippen LogP contribution is 2.36. The van der Waals surface area contributed by atoms with Gasteiger partial charge in [0.05, 0.1) is 10.7 Å². The van der Waals surface area contributed by atoms with Crippen LogP contribution in [0.4, 0.5) is 4.39 Å². The van der Waals surface area contributed by atoms with Crippen LogP contribution in [0.2, 0.25) is 5.02 Å². The van der Waals surface area contributed by atoms with E-state index in [-0.39, 0.29) is 21.6 Å². The largest absolute Gasteiger partial charge is 0.505 e. The smallest absolute Gasteiger partial charge is 0.332 e. The molecule has 0 fully saturated rings. The lowest BCUT2D eigenvalue weighted by Gasteiger charge is -2.10. The number of hydrogen-bond donors (Lipinski definition) is 1. The van der Waals surface area contributed by atoms with Crippen molar-refractivity contribution in [2.75, 3.05) is 0 Å². The van der Waals surface area contributed by atoms with Gasteiger partial charge >= 0.3 is 5.69 Å². The van der Waals surface area contributed by atoms with Crippen LogP contribution >= 0.6 is 27.5 Å². The highest BCUT2D eigenvalue weighted by Gasteiger charge is 2.14. The van der Waals surface area contributed by atoms with Crippen LogP contribution < -0.4 is 5.69 Å². The Morgan fingerprint density at radius 3 is 2.65 bits per heavy atom. The van der Waals surface area contributed by atoms with E-state index in [4.69, 9.17) is 11.6 Å². The molecule has 0 radical (unpaired) electrons. The Morgan fingerprint density at radius 2 is 2.04 bits per heavy atom. The molecule has 0 saturated carbocycles. The van der Waals surface area contributed by atoms with Crippen LogP contribution in [-0.2, 0) is 7.05 Å². The minimum absolute atomic E-state index is 0.00646. The summed E-state index contributed by atoms with van der Waals surface area (Å²) in [5.41, 5.74) is 1.01. The highest BCUT2D eigenvalue weighted by atomic mass is 79.9. The van der Waals surface area contributed by atoms with Gasteiger partial charge in [-0.3, -0.25) is 4.57 Å². The highest BCUT2D eigenvalue weighted by molar-refractivity contribution is 9.10. The maximum atomic E-state index is 13.5. The number of nitrogens with zero attached hydrogens (tertiary/aromatic N) is 3. The summed E-state index contributed by atoms with van der Waals surface area (Å²) in [6.07, 6.45) is 3.22. The predicted octanol–water partition coefficient (Wildman–Crippen LogP) is 3.50. The van der Waals surface area contributed by atoms with Crippen molar-refractivity contribution < 1.29 is 9.50 Å². The molecule has 118 valence electrons. The minimum Gasteiger partial charge on any atom is -0.505 e. The predicted molar refractivity (Wildman–Crippen MR) is 88.6 cm³/mol. The Labute approximate surface area is 143 Å². The molecule has 23 heavy (non-hydrogen) atoms. The number of rotatable bonds is 2. The molecule has 3 aromatic rings. The molecular weight excluding hydrogens is 389 g/mol. The molecule has 0 aliphatic carbocycles. The molecule has 3 rings (SSSR count). The molecule has 8 heteroatoms. The summed E-state index contributed by atoms with van der Waals surface area (Å²) in [5, 5.41) is 10.3. The molecule has 0 aliphatic heterocycles. The normalized spacial score (nSPS) is 11.0. The Kier molecular flexibility index (Phi) is 3.99. The number of aromatic nitrogens is 3. The van der Waals surface area contributed by atoms with E-state index in [1.807, 2.05) is 0 Å². The SMILES string of the molecule is Cn1ccn(-c2ccc(-c3cc(F)nc(Br)c3O)cc2Cl)c1=O. The van der Waals surface area contributed by atoms with Gasteiger partial charge in [0.15, 0.2) is 10.4 Å². The Morgan fingerprint density at radius 1 is 1.30 bits per heavy atom. The lowest BCUT2D eigenvalue weighted by Crippen LogP contribution is -2.20. The van der Waals surface area contributed by atoms with E-state index in [0.29, 0.717) is 16.3 Å². The number of aryl methyl sites for hydroxylation is 1. The first-order valence-corrected chi connectivity index (χ1v) is 7.65. The number of aromatic hydroxyl groups is 1. The van der Waals surface area contributed by atoms with Crippen molar-refractivity contribution in [3.63, 3.8) is 0 Å². The van der Waals surface area contributed by atoms with Crippen LogP contribution in [0.5, 0.6) is 5.75 Å². The zero-order chi connectivity index (χ0) is 16.7. The average Bonchev–Trinajstić information content (AvgIpc) is 2.83. The summed E-state index contributed by atoms with van der Waals surface area (Å²) in [6.45, 7) is 0. The number of pyridine rings is 1. The zero-order valence-electron chi connectivity index (χ0n) is 11.8. The van der Waals surface area contributed by atoms with Gasteiger partial charge in [-0.05, 0) is 33.6 Å². The molecule has 1 aromatic carbocycles. The third-order valence-corrected chi connectivity index (χ3v) is 4.24. The van der Waals surface area contributed by atoms with E-state index < -0.39 is 5.95 Å². The van der Waals surface area contributed by atoms with E-state index in [1.165, 1.54) is 9.13 Å². The topological polar surface area (TPSA) is 60.1 Å². The van der Waals surface area contributed by atoms with Gasteiger partial charge in [0.1, 0.15) is 0 Å². The van der Waals surface area contributed by atoms with Crippen molar-refractivity contribution in [2.45, 2.75) is 0 Å². The van der Waals surface area contributed by atoms with Crippen LogP contribution in [0, 0.1) is 5.95 Å². The third-order valence-electron chi connectivity index (χ3n) is 3.38. The van der Waals surface area contributed by atoms with Gasteiger partial charge in [0.25, 0.3) is 0 Å². The lowest BCUT2D eigenvalue weighted by molar-refractivity contribution is 0.464. The number of benzene rings is 1. The standard InChI is InChI=1S/C15H10BrClFN3O2/c1-20-4-5-21(15(20)23)11-3-2-8(6-10(11)17)9-7-12(18)19-14(16)13(9)22/h2-7,22H,1H3. The van der Waals surface area contributed by atoms with E-state index in [1.54, 1.807) is 37.6 Å². The van der Waals surface area contributed by atoms with Crippen molar-refractivity contribution in [1.82, 2.24) is 14.1 Å². The number of hydrogen-bond acceptors (Lipinski definition) is 3. The zero-order valence-corrected chi connectivity index (χ0v) is 14.1. The number of halogens is 3. The van der Waals surface area contributed by atoms with Gasteiger partial charge in [-0.15, -0.1) is 0 Å². The first-order valence-electron chi connectivity index (χ1n) is 6.48. The summed E-state index contributed by atoms with van der Waals surface area (Å²) in [5.74, 6) is -0.920. The maximum absolute atomic E-state index is 13.5. The Bertz CT molecular complexity index is 968. The summed E-state index contributed by atoms with van der Waals surface area (Å²) in [6, 6.07) is 5.93. The van der Waals surface area contributed by atoms with Gasteiger partial charge in [-0.1, -0.05) is 17.7 Å². The maximum Gasteiger partial charge on any atom is 0.332 e. The third kappa shape index (κ3) is 2.77. The van der Waals surface area contributed by atoms with Crippen LogP contribution in [0.1, 0.15) is 0 Å². The summed E-state index contributed by atoms with van der Waals surface area (Å²) in [4.78, 5) is 15.5. The monoisotopic (exact) mass is 397 g/mol. The molecule has 2 heterocycles. The molecule has 2 aromatic heterocycles. The van der Waals surface area contributed by atoms with E-state index in [2.05, 4.69) is 20.9 Å². The first-order chi connectivity index (χ1) is 10.9. The van der Waals surface area contributed by atoms with Crippen molar-refractivity contribution in [2.24, 2.45) is 7.05 Å².